The predicted molar refractivity (Wildman–Crippen MR) is 71.5 cm³/mol. The van der Waals surface area contributed by atoms with Gasteiger partial charge in [-0.25, -0.2) is 0 Å². The number of likely N-dealkylation sites (tertiary alicyclic amines) is 1. The maximum Gasteiger partial charge on any atom is 0.00397 e. The summed E-state index contributed by atoms with van der Waals surface area (Å²) in [5.74, 6) is 0.761. The molecule has 1 saturated heterocycles. The lowest BCUT2D eigenvalue weighted by Crippen LogP contribution is -2.40. The summed E-state index contributed by atoms with van der Waals surface area (Å²) in [7, 11) is 0. The second-order valence-corrected chi connectivity index (χ2v) is 5.18. The third-order valence-electron chi connectivity index (χ3n) is 3.76. The van der Waals surface area contributed by atoms with Crippen LogP contribution < -0.4 is 5.73 Å². The molecule has 2 N–H and O–H groups in total. The van der Waals surface area contributed by atoms with Crippen molar-refractivity contribution >= 4 is 0 Å². The SMILES string of the molecule is C=CCCCCCN1CCC(C(C)N)CC1. The van der Waals surface area contributed by atoms with Crippen molar-refractivity contribution in [2.24, 2.45) is 11.7 Å². The number of hydrogen-bond donors (Lipinski definition) is 1. The second kappa shape index (κ2) is 7.86. The van der Waals surface area contributed by atoms with Crippen LogP contribution in [-0.2, 0) is 0 Å². The van der Waals surface area contributed by atoms with Crippen molar-refractivity contribution in [2.45, 2.75) is 51.5 Å². The molecule has 0 aromatic rings. The van der Waals surface area contributed by atoms with Crippen LogP contribution >= 0.6 is 0 Å². The summed E-state index contributed by atoms with van der Waals surface area (Å²) in [6.45, 7) is 9.69. The van der Waals surface area contributed by atoms with Crippen molar-refractivity contribution in [3.05, 3.63) is 12.7 Å². The third kappa shape index (κ3) is 5.13. The monoisotopic (exact) mass is 224 g/mol. The predicted octanol–water partition coefficient (Wildman–Crippen LogP) is 2.79. The van der Waals surface area contributed by atoms with Crippen LogP contribution in [0.4, 0.5) is 0 Å². The zero-order chi connectivity index (χ0) is 11.8. The number of allylic oxidation sites excluding steroid dienone is 1. The fourth-order valence-corrected chi connectivity index (χ4v) is 2.50. The van der Waals surface area contributed by atoms with Crippen molar-refractivity contribution in [1.29, 1.82) is 0 Å². The van der Waals surface area contributed by atoms with Crippen LogP contribution in [0.2, 0.25) is 0 Å². The second-order valence-electron chi connectivity index (χ2n) is 5.18. The number of nitrogens with two attached hydrogens (primary N) is 1. The van der Waals surface area contributed by atoms with Gasteiger partial charge in [-0.15, -0.1) is 6.58 Å². The van der Waals surface area contributed by atoms with E-state index in [2.05, 4.69) is 18.4 Å². The highest BCUT2D eigenvalue weighted by Crippen LogP contribution is 2.19. The maximum atomic E-state index is 5.94. The molecule has 2 nitrogen and oxygen atoms in total. The molecular formula is C14H28N2. The van der Waals surface area contributed by atoms with E-state index in [4.69, 9.17) is 5.73 Å². The first-order valence-electron chi connectivity index (χ1n) is 6.83. The van der Waals surface area contributed by atoms with E-state index in [1.807, 2.05) is 6.08 Å². The molecule has 94 valence electrons. The largest absolute Gasteiger partial charge is 0.328 e. The summed E-state index contributed by atoms with van der Waals surface area (Å²) in [4.78, 5) is 2.60. The van der Waals surface area contributed by atoms with E-state index in [9.17, 15) is 0 Å². The highest BCUT2D eigenvalue weighted by molar-refractivity contribution is 4.77. The Morgan fingerprint density at radius 2 is 2.00 bits per heavy atom. The molecule has 0 amide bonds. The van der Waals surface area contributed by atoms with Crippen LogP contribution in [0.15, 0.2) is 12.7 Å². The average Bonchev–Trinajstić information content (AvgIpc) is 2.29. The summed E-state index contributed by atoms with van der Waals surface area (Å²) < 4.78 is 0. The maximum absolute atomic E-state index is 5.94. The molecule has 16 heavy (non-hydrogen) atoms. The van der Waals surface area contributed by atoms with Crippen LogP contribution in [0.25, 0.3) is 0 Å². The van der Waals surface area contributed by atoms with Gasteiger partial charge in [-0.2, -0.15) is 0 Å². The molecular weight excluding hydrogens is 196 g/mol. The third-order valence-corrected chi connectivity index (χ3v) is 3.76. The van der Waals surface area contributed by atoms with E-state index >= 15 is 0 Å². The smallest absolute Gasteiger partial charge is 0.00397 e. The Balaban J connectivity index is 2.01. The minimum Gasteiger partial charge on any atom is -0.328 e. The molecule has 1 rings (SSSR count). The zero-order valence-corrected chi connectivity index (χ0v) is 10.8. The number of nitrogens with zero attached hydrogens (tertiary/aromatic N) is 1. The van der Waals surface area contributed by atoms with Gasteiger partial charge in [0.1, 0.15) is 0 Å². The normalized spacial score (nSPS) is 20.9. The minimum absolute atomic E-state index is 0.384. The van der Waals surface area contributed by atoms with Crippen LogP contribution in [0, 0.1) is 5.92 Å². The number of hydrogen-bond acceptors (Lipinski definition) is 2. The van der Waals surface area contributed by atoms with Crippen molar-refractivity contribution in [1.82, 2.24) is 4.90 Å². The van der Waals surface area contributed by atoms with Gasteiger partial charge in [0.05, 0.1) is 0 Å². The van der Waals surface area contributed by atoms with E-state index in [1.54, 1.807) is 0 Å². The summed E-state index contributed by atoms with van der Waals surface area (Å²) in [6, 6.07) is 0.384. The van der Waals surface area contributed by atoms with Gasteiger partial charge in [-0.05, 0) is 64.6 Å². The molecule has 0 aromatic carbocycles. The first-order valence-corrected chi connectivity index (χ1v) is 6.83. The summed E-state index contributed by atoms with van der Waals surface area (Å²) in [6.07, 6.45) is 9.78. The van der Waals surface area contributed by atoms with E-state index in [0.717, 1.165) is 5.92 Å². The lowest BCUT2D eigenvalue weighted by atomic mass is 9.91. The van der Waals surface area contributed by atoms with Gasteiger partial charge in [0, 0.05) is 6.04 Å². The molecule has 0 aromatic heterocycles. The molecule has 0 radical (unpaired) electrons. The molecule has 1 heterocycles. The highest BCUT2D eigenvalue weighted by atomic mass is 15.1. The molecule has 0 spiro atoms. The molecule has 0 saturated carbocycles. The minimum atomic E-state index is 0.384. The summed E-state index contributed by atoms with van der Waals surface area (Å²) in [5, 5.41) is 0. The van der Waals surface area contributed by atoms with Crippen LogP contribution in [0.1, 0.15) is 45.4 Å². The summed E-state index contributed by atoms with van der Waals surface area (Å²) >= 11 is 0. The Morgan fingerprint density at radius 3 is 2.56 bits per heavy atom. The molecule has 1 fully saturated rings. The van der Waals surface area contributed by atoms with Crippen LogP contribution in [0.3, 0.4) is 0 Å². The van der Waals surface area contributed by atoms with Crippen molar-refractivity contribution in [3.63, 3.8) is 0 Å². The van der Waals surface area contributed by atoms with Crippen molar-refractivity contribution < 1.29 is 0 Å². The first kappa shape index (κ1) is 13.7. The standard InChI is InChI=1S/C14H28N2/c1-3-4-5-6-7-10-16-11-8-14(9-12-16)13(2)15/h3,13-14H,1,4-12,15H2,2H3. The quantitative estimate of drug-likeness (QED) is 0.532. The molecule has 1 aliphatic rings. The van der Waals surface area contributed by atoms with E-state index in [0.29, 0.717) is 6.04 Å². The van der Waals surface area contributed by atoms with Crippen LogP contribution in [-0.4, -0.2) is 30.6 Å². The van der Waals surface area contributed by atoms with Crippen LogP contribution in [0.5, 0.6) is 0 Å². The fourth-order valence-electron chi connectivity index (χ4n) is 2.50. The van der Waals surface area contributed by atoms with E-state index in [-0.39, 0.29) is 0 Å². The Bertz CT molecular complexity index is 181. The topological polar surface area (TPSA) is 29.3 Å². The van der Waals surface area contributed by atoms with E-state index in [1.165, 1.54) is 58.2 Å². The van der Waals surface area contributed by atoms with Crippen molar-refractivity contribution in [3.8, 4) is 0 Å². The lowest BCUT2D eigenvalue weighted by molar-refractivity contribution is 0.169. The van der Waals surface area contributed by atoms with Gasteiger partial charge in [0.15, 0.2) is 0 Å². The van der Waals surface area contributed by atoms with E-state index < -0.39 is 0 Å². The fraction of sp³-hybridized carbons (Fsp3) is 0.857. The van der Waals surface area contributed by atoms with Gasteiger partial charge in [0.25, 0.3) is 0 Å². The molecule has 1 unspecified atom stereocenters. The number of unbranched alkanes of at least 4 members (excludes halogenated alkanes) is 3. The zero-order valence-electron chi connectivity index (χ0n) is 10.8. The van der Waals surface area contributed by atoms with Gasteiger partial charge in [0.2, 0.25) is 0 Å². The Kier molecular flexibility index (Phi) is 6.74. The number of rotatable bonds is 7. The van der Waals surface area contributed by atoms with Crippen molar-refractivity contribution in [2.75, 3.05) is 19.6 Å². The van der Waals surface area contributed by atoms with Gasteiger partial charge < -0.3 is 10.6 Å². The Hall–Kier alpha value is -0.340. The molecule has 0 bridgehead atoms. The van der Waals surface area contributed by atoms with Gasteiger partial charge in [-0.3, -0.25) is 0 Å². The molecule has 2 heteroatoms. The lowest BCUT2D eigenvalue weighted by Gasteiger charge is -2.33. The Morgan fingerprint density at radius 1 is 1.31 bits per heavy atom. The summed E-state index contributed by atoms with van der Waals surface area (Å²) in [5.41, 5.74) is 5.94. The first-order chi connectivity index (χ1) is 7.74. The average molecular weight is 224 g/mol. The number of piperidine rings is 1. The molecule has 1 atom stereocenters. The highest BCUT2D eigenvalue weighted by Gasteiger charge is 2.21. The van der Waals surface area contributed by atoms with Gasteiger partial charge >= 0.3 is 0 Å². The molecule has 1 aliphatic heterocycles. The van der Waals surface area contributed by atoms with Gasteiger partial charge in [-0.1, -0.05) is 12.5 Å². The molecule has 0 aliphatic carbocycles. The Labute approximate surface area is 101 Å².